The van der Waals surface area contributed by atoms with Gasteiger partial charge in [0.2, 0.25) is 5.91 Å². The number of carbonyl (C=O) groups is 1. The summed E-state index contributed by atoms with van der Waals surface area (Å²) < 4.78 is 0. The highest BCUT2D eigenvalue weighted by atomic mass is 35.5. The van der Waals surface area contributed by atoms with E-state index in [2.05, 4.69) is 16.7 Å². The zero-order chi connectivity index (χ0) is 15.3. The Hall–Kier alpha value is -1.57. The minimum Gasteiger partial charge on any atom is -0.337 e. The van der Waals surface area contributed by atoms with Crippen LogP contribution in [-0.2, 0) is 4.79 Å². The number of halogens is 1. The lowest BCUT2D eigenvalue weighted by Gasteiger charge is -2.23. The van der Waals surface area contributed by atoms with Crippen molar-refractivity contribution in [3.8, 4) is 6.07 Å². The summed E-state index contributed by atoms with van der Waals surface area (Å²) in [4.78, 5) is 12.0. The van der Waals surface area contributed by atoms with Crippen molar-refractivity contribution in [2.75, 3.05) is 6.54 Å². The molecule has 0 unspecified atom stereocenters. The zero-order valence-electron chi connectivity index (χ0n) is 12.2. The predicted molar refractivity (Wildman–Crippen MR) is 82.8 cm³/mol. The fraction of sp³-hybridized carbons (Fsp3) is 0.500. The Labute approximate surface area is 130 Å². The van der Waals surface area contributed by atoms with Gasteiger partial charge in [0, 0.05) is 11.1 Å². The molecule has 5 heteroatoms. The molecular weight excluding hydrogens is 286 g/mol. The molecule has 2 rings (SSSR count). The summed E-state index contributed by atoms with van der Waals surface area (Å²) in [7, 11) is 0. The van der Waals surface area contributed by atoms with Gasteiger partial charge in [0.25, 0.3) is 0 Å². The van der Waals surface area contributed by atoms with Crippen LogP contribution in [0.1, 0.15) is 44.2 Å². The molecule has 0 aliphatic heterocycles. The Kier molecular flexibility index (Phi) is 5.22. The fourth-order valence-electron chi connectivity index (χ4n) is 2.74. The van der Waals surface area contributed by atoms with E-state index in [-0.39, 0.29) is 18.5 Å². The molecule has 112 valence electrons. The molecule has 0 saturated heterocycles. The van der Waals surface area contributed by atoms with Gasteiger partial charge in [-0.25, -0.2) is 0 Å². The zero-order valence-corrected chi connectivity index (χ0v) is 12.9. The van der Waals surface area contributed by atoms with Gasteiger partial charge in [-0.05, 0) is 44.2 Å². The molecule has 1 aromatic rings. The van der Waals surface area contributed by atoms with Crippen molar-refractivity contribution in [2.45, 2.75) is 44.2 Å². The molecule has 21 heavy (non-hydrogen) atoms. The Morgan fingerprint density at radius 2 is 2.10 bits per heavy atom. The van der Waals surface area contributed by atoms with Crippen LogP contribution in [-0.4, -0.2) is 18.0 Å². The van der Waals surface area contributed by atoms with Crippen molar-refractivity contribution in [1.82, 2.24) is 10.6 Å². The Morgan fingerprint density at radius 3 is 2.71 bits per heavy atom. The van der Waals surface area contributed by atoms with Crippen LogP contribution in [0.25, 0.3) is 0 Å². The number of amides is 1. The van der Waals surface area contributed by atoms with Gasteiger partial charge in [-0.1, -0.05) is 29.8 Å². The van der Waals surface area contributed by atoms with Crippen molar-refractivity contribution in [2.24, 2.45) is 0 Å². The van der Waals surface area contributed by atoms with Crippen LogP contribution in [0.5, 0.6) is 0 Å². The number of nitrogens with one attached hydrogen (secondary N) is 2. The van der Waals surface area contributed by atoms with Crippen LogP contribution in [0.2, 0.25) is 5.02 Å². The van der Waals surface area contributed by atoms with Gasteiger partial charge < -0.3 is 10.6 Å². The normalized spacial score (nSPS) is 18.0. The molecule has 0 radical (unpaired) electrons. The van der Waals surface area contributed by atoms with Crippen LogP contribution in [0.4, 0.5) is 0 Å². The molecule has 1 amide bonds. The first-order valence-electron chi connectivity index (χ1n) is 7.26. The highest BCUT2D eigenvalue weighted by molar-refractivity contribution is 6.31. The third-order valence-corrected chi connectivity index (χ3v) is 4.33. The first-order chi connectivity index (χ1) is 10.1. The third kappa shape index (κ3) is 3.96. The maximum Gasteiger partial charge on any atom is 0.235 e. The number of carbonyl (C=O) groups excluding carboxylic acids is 1. The quantitative estimate of drug-likeness (QED) is 0.879. The topological polar surface area (TPSA) is 64.9 Å². The minimum atomic E-state index is -0.660. The molecule has 2 N–H and O–H groups in total. The molecule has 1 saturated carbocycles. The molecule has 0 spiro atoms. The highest BCUT2D eigenvalue weighted by Gasteiger charge is 2.35. The molecule has 0 heterocycles. The van der Waals surface area contributed by atoms with Crippen molar-refractivity contribution in [3.63, 3.8) is 0 Å². The van der Waals surface area contributed by atoms with E-state index in [1.54, 1.807) is 0 Å². The molecule has 1 aliphatic carbocycles. The fourth-order valence-corrected chi connectivity index (χ4v) is 3.04. The summed E-state index contributed by atoms with van der Waals surface area (Å²) in [5, 5.41) is 16.0. The van der Waals surface area contributed by atoms with Gasteiger partial charge in [0.1, 0.15) is 5.54 Å². The van der Waals surface area contributed by atoms with Crippen LogP contribution < -0.4 is 10.6 Å². The van der Waals surface area contributed by atoms with Crippen LogP contribution in [0, 0.1) is 11.3 Å². The van der Waals surface area contributed by atoms with E-state index in [0.717, 1.165) is 31.2 Å². The number of nitriles is 1. The van der Waals surface area contributed by atoms with Gasteiger partial charge >= 0.3 is 0 Å². The smallest absolute Gasteiger partial charge is 0.235 e. The first kappa shape index (κ1) is 15.8. The monoisotopic (exact) mass is 305 g/mol. The number of hydrogen-bond donors (Lipinski definition) is 2. The number of hydrogen-bond acceptors (Lipinski definition) is 3. The summed E-state index contributed by atoms with van der Waals surface area (Å²) in [6, 6.07) is 9.80. The maximum absolute atomic E-state index is 12.0. The largest absolute Gasteiger partial charge is 0.337 e. The van der Waals surface area contributed by atoms with E-state index in [4.69, 9.17) is 11.6 Å². The van der Waals surface area contributed by atoms with Gasteiger partial charge in [0.05, 0.1) is 12.6 Å². The molecule has 1 aliphatic rings. The van der Waals surface area contributed by atoms with Crippen molar-refractivity contribution in [3.05, 3.63) is 34.9 Å². The number of nitrogens with zero attached hydrogens (tertiary/aromatic N) is 1. The summed E-state index contributed by atoms with van der Waals surface area (Å²) in [6.45, 7) is 2.14. The lowest BCUT2D eigenvalue weighted by Crippen LogP contribution is -2.48. The van der Waals surface area contributed by atoms with Crippen LogP contribution in [0.3, 0.4) is 0 Å². The van der Waals surface area contributed by atoms with Gasteiger partial charge in [-0.15, -0.1) is 0 Å². The second-order valence-corrected chi connectivity index (χ2v) is 5.98. The Balaban J connectivity index is 1.87. The second-order valence-electron chi connectivity index (χ2n) is 5.57. The highest BCUT2D eigenvalue weighted by Crippen LogP contribution is 2.28. The summed E-state index contributed by atoms with van der Waals surface area (Å²) in [5.74, 6) is -0.141. The molecular formula is C16H20ClN3O. The van der Waals surface area contributed by atoms with Gasteiger partial charge in [-0.2, -0.15) is 5.26 Å². The van der Waals surface area contributed by atoms with E-state index in [0.29, 0.717) is 5.02 Å². The third-order valence-electron chi connectivity index (χ3n) is 3.99. The molecule has 4 nitrogen and oxygen atoms in total. The average molecular weight is 306 g/mol. The maximum atomic E-state index is 12.0. The van der Waals surface area contributed by atoms with Crippen molar-refractivity contribution in [1.29, 1.82) is 5.26 Å². The van der Waals surface area contributed by atoms with Crippen molar-refractivity contribution < 1.29 is 4.79 Å². The molecule has 1 atom stereocenters. The Morgan fingerprint density at radius 1 is 1.43 bits per heavy atom. The molecule has 1 aromatic carbocycles. The molecule has 0 aromatic heterocycles. The van der Waals surface area contributed by atoms with Gasteiger partial charge in [-0.3, -0.25) is 4.79 Å². The van der Waals surface area contributed by atoms with Gasteiger partial charge in [0.15, 0.2) is 0 Å². The Bertz CT molecular complexity index is 547. The van der Waals surface area contributed by atoms with E-state index in [9.17, 15) is 10.1 Å². The van der Waals surface area contributed by atoms with Crippen LogP contribution >= 0.6 is 11.6 Å². The van der Waals surface area contributed by atoms with E-state index in [1.807, 2.05) is 31.2 Å². The lowest BCUT2D eigenvalue weighted by molar-refractivity contribution is -0.121. The number of benzene rings is 1. The predicted octanol–water partition coefficient (Wildman–Crippen LogP) is 2.94. The average Bonchev–Trinajstić information content (AvgIpc) is 2.94. The van der Waals surface area contributed by atoms with Crippen LogP contribution in [0.15, 0.2) is 24.3 Å². The SMILES string of the molecule is C[C@@H](NCC(=O)NC1(C#N)CCCC1)c1ccccc1Cl. The number of rotatable bonds is 5. The minimum absolute atomic E-state index is 0.0222. The summed E-state index contributed by atoms with van der Waals surface area (Å²) in [5.41, 5.74) is 0.301. The second kappa shape index (κ2) is 6.93. The molecule has 0 bridgehead atoms. The van der Waals surface area contributed by atoms with Crippen molar-refractivity contribution >= 4 is 17.5 Å². The van der Waals surface area contributed by atoms with E-state index < -0.39 is 5.54 Å². The van der Waals surface area contributed by atoms with E-state index in [1.165, 1.54) is 0 Å². The summed E-state index contributed by atoms with van der Waals surface area (Å²) >= 11 is 6.13. The lowest BCUT2D eigenvalue weighted by atomic mass is 10.00. The first-order valence-corrected chi connectivity index (χ1v) is 7.64. The summed E-state index contributed by atoms with van der Waals surface area (Å²) in [6.07, 6.45) is 3.49. The van der Waals surface area contributed by atoms with E-state index >= 15 is 0 Å². The standard InChI is InChI=1S/C16H20ClN3O/c1-12(13-6-2-3-7-14(13)17)19-10-15(21)20-16(11-18)8-4-5-9-16/h2-3,6-7,12,19H,4-5,8-10H2,1H3,(H,20,21)/t12-/m1/s1. The molecule has 1 fully saturated rings.